The van der Waals surface area contributed by atoms with Gasteiger partial charge in [0.2, 0.25) is 5.91 Å². The molecule has 0 saturated heterocycles. The third kappa shape index (κ3) is 22.9. The van der Waals surface area contributed by atoms with Crippen molar-refractivity contribution in [2.45, 2.75) is 26.2 Å². The lowest BCUT2D eigenvalue weighted by molar-refractivity contribution is -0.125. The van der Waals surface area contributed by atoms with Gasteiger partial charge in [-0.25, -0.2) is 5.48 Å². The standard InChI is InChI=1S/C18H37N3O7/c1-17(19)15-28-16-18(22)20-5-9-26-13-11-24-7-3-2-4-8-25-12-14-27-10-6-21-23/h19,21,23H,2-16H2,1H3,(H,20,22). The summed E-state index contributed by atoms with van der Waals surface area (Å²) in [6, 6.07) is 0. The first-order valence-electron chi connectivity index (χ1n) is 9.73. The second kappa shape index (κ2) is 22.2. The molecule has 0 atom stereocenters. The van der Waals surface area contributed by atoms with Gasteiger partial charge in [0.15, 0.2) is 0 Å². The number of unbranched alkanes of at least 4 members (excludes halogenated alkanes) is 2. The van der Waals surface area contributed by atoms with Gasteiger partial charge in [-0.2, -0.15) is 0 Å². The lowest BCUT2D eigenvalue weighted by atomic mass is 10.2. The minimum absolute atomic E-state index is 0.0412. The molecule has 0 heterocycles. The molecule has 10 heteroatoms. The van der Waals surface area contributed by atoms with Crippen LogP contribution < -0.4 is 10.8 Å². The van der Waals surface area contributed by atoms with Gasteiger partial charge in [-0.1, -0.05) is 0 Å². The summed E-state index contributed by atoms with van der Waals surface area (Å²) in [7, 11) is 0. The Bertz CT molecular complexity index is 373. The molecule has 0 radical (unpaired) electrons. The van der Waals surface area contributed by atoms with Crippen molar-refractivity contribution < 1.29 is 33.7 Å². The van der Waals surface area contributed by atoms with E-state index in [-0.39, 0.29) is 19.1 Å². The fourth-order valence-electron chi connectivity index (χ4n) is 1.96. The number of nitrogens with one attached hydrogen (secondary N) is 3. The van der Waals surface area contributed by atoms with Crippen LogP contribution in [0.5, 0.6) is 0 Å². The smallest absolute Gasteiger partial charge is 0.246 e. The molecule has 0 aromatic heterocycles. The highest BCUT2D eigenvalue weighted by Gasteiger charge is 2.00. The van der Waals surface area contributed by atoms with E-state index >= 15 is 0 Å². The Labute approximate surface area is 167 Å². The first kappa shape index (κ1) is 26.9. The van der Waals surface area contributed by atoms with E-state index in [1.54, 1.807) is 6.92 Å². The second-order valence-electron chi connectivity index (χ2n) is 6.04. The van der Waals surface area contributed by atoms with Crippen LogP contribution in [0.1, 0.15) is 26.2 Å². The number of carbonyl (C=O) groups is 1. The molecule has 0 spiro atoms. The largest absolute Gasteiger partial charge is 0.379 e. The molecule has 0 unspecified atom stereocenters. The maximum Gasteiger partial charge on any atom is 0.246 e. The van der Waals surface area contributed by atoms with Gasteiger partial charge in [0.25, 0.3) is 0 Å². The average molecular weight is 408 g/mol. The Balaban J connectivity index is 3.10. The van der Waals surface area contributed by atoms with Crippen LogP contribution >= 0.6 is 0 Å². The Morgan fingerprint density at radius 3 is 1.82 bits per heavy atom. The number of rotatable bonds is 22. The summed E-state index contributed by atoms with van der Waals surface area (Å²) in [5.74, 6) is -0.211. The fraction of sp³-hybridized carbons (Fsp3) is 0.889. The lowest BCUT2D eigenvalue weighted by Crippen LogP contribution is -2.31. The van der Waals surface area contributed by atoms with Crippen molar-refractivity contribution >= 4 is 11.6 Å². The summed E-state index contributed by atoms with van der Waals surface area (Å²) in [4.78, 5) is 11.4. The SMILES string of the molecule is CC(=N)COCC(=O)NCCOCCOCCCCCOCCOCCNO. The summed E-state index contributed by atoms with van der Waals surface area (Å²) in [5, 5.41) is 18.2. The van der Waals surface area contributed by atoms with Crippen LogP contribution in [-0.2, 0) is 28.5 Å². The Morgan fingerprint density at radius 2 is 1.29 bits per heavy atom. The van der Waals surface area contributed by atoms with Crippen molar-refractivity contribution in [1.29, 1.82) is 5.41 Å². The number of hydrogen-bond acceptors (Lipinski definition) is 9. The average Bonchev–Trinajstić information content (AvgIpc) is 2.66. The van der Waals surface area contributed by atoms with Crippen molar-refractivity contribution in [2.24, 2.45) is 0 Å². The molecule has 0 aliphatic carbocycles. The molecule has 10 nitrogen and oxygen atoms in total. The molecule has 0 bridgehead atoms. The highest BCUT2D eigenvalue weighted by Crippen LogP contribution is 1.96. The molecular weight excluding hydrogens is 370 g/mol. The zero-order chi connectivity index (χ0) is 20.7. The van der Waals surface area contributed by atoms with E-state index in [1.165, 1.54) is 0 Å². The maximum absolute atomic E-state index is 11.4. The minimum Gasteiger partial charge on any atom is -0.379 e. The Kier molecular flexibility index (Phi) is 21.3. The van der Waals surface area contributed by atoms with E-state index in [0.29, 0.717) is 71.7 Å². The van der Waals surface area contributed by atoms with Crippen molar-refractivity contribution in [2.75, 3.05) is 79.2 Å². The van der Waals surface area contributed by atoms with Gasteiger partial charge in [-0.05, 0) is 26.2 Å². The van der Waals surface area contributed by atoms with E-state index < -0.39 is 0 Å². The molecule has 166 valence electrons. The van der Waals surface area contributed by atoms with Crippen LogP contribution in [0.3, 0.4) is 0 Å². The number of carbonyl (C=O) groups excluding carboxylic acids is 1. The number of amides is 1. The molecule has 0 saturated carbocycles. The van der Waals surface area contributed by atoms with Gasteiger partial charge < -0.3 is 39.6 Å². The van der Waals surface area contributed by atoms with E-state index in [2.05, 4.69) is 5.32 Å². The van der Waals surface area contributed by atoms with Crippen LogP contribution in [0, 0.1) is 5.41 Å². The van der Waals surface area contributed by atoms with Crippen molar-refractivity contribution in [1.82, 2.24) is 10.8 Å². The van der Waals surface area contributed by atoms with E-state index in [4.69, 9.17) is 34.3 Å². The number of ether oxygens (including phenoxy) is 5. The predicted octanol–water partition coefficient (Wildman–Crippen LogP) is 0.374. The first-order chi connectivity index (χ1) is 13.7. The van der Waals surface area contributed by atoms with Gasteiger partial charge in [-0.3, -0.25) is 4.79 Å². The molecule has 0 fully saturated rings. The molecule has 1 amide bonds. The van der Waals surface area contributed by atoms with Crippen LogP contribution in [0.4, 0.5) is 0 Å². The van der Waals surface area contributed by atoms with Crippen molar-refractivity contribution in [3.63, 3.8) is 0 Å². The molecule has 28 heavy (non-hydrogen) atoms. The quantitative estimate of drug-likeness (QED) is 0.115. The van der Waals surface area contributed by atoms with Gasteiger partial charge in [0.1, 0.15) is 6.61 Å². The van der Waals surface area contributed by atoms with E-state index in [1.807, 2.05) is 5.48 Å². The Hall–Kier alpha value is -1.14. The van der Waals surface area contributed by atoms with Crippen LogP contribution in [0.2, 0.25) is 0 Å². The Morgan fingerprint density at radius 1 is 0.750 bits per heavy atom. The van der Waals surface area contributed by atoms with Crippen molar-refractivity contribution in [3.05, 3.63) is 0 Å². The third-order valence-electron chi connectivity index (χ3n) is 3.30. The second-order valence-corrected chi connectivity index (χ2v) is 6.04. The molecule has 0 aliphatic heterocycles. The summed E-state index contributed by atoms with van der Waals surface area (Å²) in [5.41, 5.74) is 2.41. The van der Waals surface area contributed by atoms with Crippen molar-refractivity contribution in [3.8, 4) is 0 Å². The van der Waals surface area contributed by atoms with Gasteiger partial charge >= 0.3 is 0 Å². The van der Waals surface area contributed by atoms with E-state index in [9.17, 15) is 4.79 Å². The summed E-state index contributed by atoms with van der Waals surface area (Å²) >= 11 is 0. The summed E-state index contributed by atoms with van der Waals surface area (Å²) < 4.78 is 26.5. The summed E-state index contributed by atoms with van der Waals surface area (Å²) in [6.07, 6.45) is 3.01. The highest BCUT2D eigenvalue weighted by atomic mass is 16.5. The maximum atomic E-state index is 11.4. The van der Waals surface area contributed by atoms with Gasteiger partial charge in [0.05, 0.1) is 46.2 Å². The zero-order valence-electron chi connectivity index (χ0n) is 17.0. The first-order valence-corrected chi connectivity index (χ1v) is 9.73. The van der Waals surface area contributed by atoms with Crippen LogP contribution in [0.25, 0.3) is 0 Å². The van der Waals surface area contributed by atoms with E-state index in [0.717, 1.165) is 19.3 Å². The minimum atomic E-state index is -0.211. The number of hydroxylamine groups is 1. The highest BCUT2D eigenvalue weighted by molar-refractivity contribution is 5.81. The third-order valence-corrected chi connectivity index (χ3v) is 3.30. The van der Waals surface area contributed by atoms with Crippen LogP contribution in [-0.4, -0.2) is 96.0 Å². The monoisotopic (exact) mass is 407 g/mol. The predicted molar refractivity (Wildman–Crippen MR) is 104 cm³/mol. The fourth-order valence-corrected chi connectivity index (χ4v) is 1.96. The molecule has 4 N–H and O–H groups in total. The normalized spacial score (nSPS) is 10.9. The van der Waals surface area contributed by atoms with Gasteiger partial charge in [-0.15, -0.1) is 0 Å². The van der Waals surface area contributed by atoms with Gasteiger partial charge in [0, 0.05) is 32.0 Å². The molecule has 0 aliphatic rings. The molecule has 0 rings (SSSR count). The molecular formula is C18H37N3O7. The summed E-state index contributed by atoms with van der Waals surface area (Å²) in [6.45, 7) is 7.04. The van der Waals surface area contributed by atoms with Crippen LogP contribution in [0.15, 0.2) is 0 Å². The lowest BCUT2D eigenvalue weighted by Gasteiger charge is -2.08. The number of hydrogen-bond donors (Lipinski definition) is 4. The zero-order valence-corrected chi connectivity index (χ0v) is 17.0. The topological polar surface area (TPSA) is 131 Å². The molecule has 0 aromatic carbocycles. The molecule has 0 aromatic rings.